The van der Waals surface area contributed by atoms with Crippen LogP contribution in [0.25, 0.3) is 0 Å². The largest absolute Gasteiger partial charge is 0.356 e. The topological polar surface area (TPSA) is 32.1 Å². The lowest BCUT2D eigenvalue weighted by Crippen LogP contribution is -2.43. The minimum atomic E-state index is -0.182. The summed E-state index contributed by atoms with van der Waals surface area (Å²) in [7, 11) is 0. The normalized spacial score (nSPS) is 38.3. The van der Waals surface area contributed by atoms with Gasteiger partial charge in [0.15, 0.2) is 5.78 Å². The monoisotopic (exact) mass is 358 g/mol. The second-order valence-corrected chi connectivity index (χ2v) is 9.43. The molecule has 1 N–H and O–H groups in total. The zero-order valence-electron chi connectivity index (χ0n) is 16.0. The van der Waals surface area contributed by atoms with E-state index in [0.717, 1.165) is 35.8 Å². The van der Waals surface area contributed by atoms with Gasteiger partial charge in [0.05, 0.1) is 0 Å². The van der Waals surface area contributed by atoms with Crippen LogP contribution in [0.4, 0.5) is 11.4 Å². The number of ketones is 1. The van der Waals surface area contributed by atoms with Crippen LogP contribution >= 0.6 is 0 Å². The van der Waals surface area contributed by atoms with E-state index in [-0.39, 0.29) is 11.0 Å². The molecule has 3 aliphatic carbocycles. The summed E-state index contributed by atoms with van der Waals surface area (Å²) in [6, 6.07) is 17.1. The number of carbonyl (C=O) groups is 1. The lowest BCUT2D eigenvalue weighted by Gasteiger charge is -2.40. The fourth-order valence-corrected chi connectivity index (χ4v) is 6.13. The highest BCUT2D eigenvalue weighted by Crippen LogP contribution is 2.68. The van der Waals surface area contributed by atoms with Crippen molar-refractivity contribution in [3.05, 3.63) is 59.7 Å². The molecule has 0 radical (unpaired) electrons. The first-order valence-corrected chi connectivity index (χ1v) is 10.3. The molecule has 6 rings (SSSR count). The van der Waals surface area contributed by atoms with Gasteiger partial charge in [-0.2, -0.15) is 0 Å². The van der Waals surface area contributed by atoms with Crippen molar-refractivity contribution in [3.8, 4) is 0 Å². The van der Waals surface area contributed by atoms with Gasteiger partial charge in [0.2, 0.25) is 0 Å². The van der Waals surface area contributed by atoms with E-state index in [1.54, 1.807) is 0 Å². The first kappa shape index (κ1) is 15.9. The zero-order valence-corrected chi connectivity index (χ0v) is 16.0. The van der Waals surface area contributed by atoms with Gasteiger partial charge in [0.1, 0.15) is 5.54 Å². The van der Waals surface area contributed by atoms with Crippen LogP contribution in [-0.2, 0) is 5.41 Å². The molecule has 1 heterocycles. The summed E-state index contributed by atoms with van der Waals surface area (Å²) >= 11 is 0. The quantitative estimate of drug-likeness (QED) is 0.800. The van der Waals surface area contributed by atoms with E-state index in [1.165, 1.54) is 18.4 Å². The molecule has 5 unspecified atom stereocenters. The Hall–Kier alpha value is -2.13. The Morgan fingerprint density at radius 2 is 1.89 bits per heavy atom. The Balaban J connectivity index is 1.39. The summed E-state index contributed by atoms with van der Waals surface area (Å²) < 4.78 is 0. The van der Waals surface area contributed by atoms with Crippen LogP contribution in [0, 0.1) is 11.8 Å². The molecule has 3 nitrogen and oxygen atoms in total. The molecule has 4 aliphatic rings. The molecule has 3 heteroatoms. The molecular weight excluding hydrogens is 332 g/mol. The first-order valence-electron chi connectivity index (χ1n) is 10.3. The number of anilines is 2. The lowest BCUT2D eigenvalue weighted by atomic mass is 9.67. The number of carbonyl (C=O) groups excluding carboxylic acids is 1. The van der Waals surface area contributed by atoms with E-state index >= 15 is 0 Å². The van der Waals surface area contributed by atoms with Gasteiger partial charge in [-0.3, -0.25) is 9.69 Å². The molecule has 5 atom stereocenters. The van der Waals surface area contributed by atoms with Crippen molar-refractivity contribution in [2.24, 2.45) is 11.8 Å². The van der Waals surface area contributed by atoms with Crippen molar-refractivity contribution in [3.63, 3.8) is 0 Å². The van der Waals surface area contributed by atoms with Crippen molar-refractivity contribution in [2.45, 2.75) is 50.1 Å². The lowest BCUT2D eigenvalue weighted by molar-refractivity contribution is 0.0862. The molecule has 1 saturated heterocycles. The van der Waals surface area contributed by atoms with Crippen molar-refractivity contribution < 1.29 is 4.79 Å². The summed E-state index contributed by atoms with van der Waals surface area (Å²) in [5, 5.41) is 3.50. The maximum absolute atomic E-state index is 13.5. The second kappa shape index (κ2) is 5.02. The van der Waals surface area contributed by atoms with E-state index in [2.05, 4.69) is 54.4 Å². The Labute approximate surface area is 160 Å². The van der Waals surface area contributed by atoms with Crippen LogP contribution in [0.3, 0.4) is 0 Å². The van der Waals surface area contributed by atoms with E-state index in [9.17, 15) is 4.79 Å². The number of piperidine rings is 1. The van der Waals surface area contributed by atoms with Crippen molar-refractivity contribution >= 4 is 17.2 Å². The Kier molecular flexibility index (Phi) is 2.95. The molecule has 2 saturated carbocycles. The van der Waals surface area contributed by atoms with Gasteiger partial charge in [-0.1, -0.05) is 32.0 Å². The number of likely N-dealkylation sites (tertiary alicyclic amines) is 1. The van der Waals surface area contributed by atoms with Crippen LogP contribution in [0.2, 0.25) is 0 Å². The number of nitrogens with one attached hydrogen (secondary N) is 1. The van der Waals surface area contributed by atoms with Crippen molar-refractivity contribution in [1.82, 2.24) is 4.90 Å². The summed E-state index contributed by atoms with van der Waals surface area (Å²) in [5.41, 5.74) is 4.30. The van der Waals surface area contributed by atoms with Crippen molar-refractivity contribution in [2.75, 3.05) is 11.9 Å². The molecule has 3 fully saturated rings. The number of fused-ring (bicyclic) bond motifs is 3. The number of para-hydroxylation sites is 1. The molecule has 1 aliphatic heterocycles. The van der Waals surface area contributed by atoms with Gasteiger partial charge in [-0.15, -0.1) is 0 Å². The summed E-state index contributed by atoms with van der Waals surface area (Å²) in [4.78, 5) is 16.1. The molecule has 138 valence electrons. The molecule has 2 bridgehead atoms. The predicted octanol–water partition coefficient (Wildman–Crippen LogP) is 4.76. The minimum Gasteiger partial charge on any atom is -0.356 e. The molecule has 0 aromatic heterocycles. The highest BCUT2D eigenvalue weighted by molar-refractivity contribution is 6.10. The summed E-state index contributed by atoms with van der Waals surface area (Å²) in [6.45, 7) is 5.90. The van der Waals surface area contributed by atoms with E-state index < -0.39 is 0 Å². The third-order valence-electron chi connectivity index (χ3n) is 7.87. The first-order chi connectivity index (χ1) is 13.0. The molecule has 2 aromatic carbocycles. The second-order valence-electron chi connectivity index (χ2n) is 9.43. The zero-order chi connectivity index (χ0) is 18.4. The highest BCUT2D eigenvalue weighted by atomic mass is 16.1. The van der Waals surface area contributed by atoms with Gasteiger partial charge in [-0.05, 0) is 72.4 Å². The third kappa shape index (κ3) is 1.98. The summed E-state index contributed by atoms with van der Waals surface area (Å²) in [6.07, 6.45) is 3.70. The fourth-order valence-electron chi connectivity index (χ4n) is 6.13. The maximum Gasteiger partial charge on any atom is 0.185 e. The fraction of sp³-hybridized carbons (Fsp3) is 0.458. The van der Waals surface area contributed by atoms with E-state index in [0.29, 0.717) is 17.7 Å². The molecular formula is C24H26N2O. The predicted molar refractivity (Wildman–Crippen MR) is 108 cm³/mol. The Morgan fingerprint density at radius 3 is 2.63 bits per heavy atom. The molecule has 2 aromatic rings. The van der Waals surface area contributed by atoms with Crippen LogP contribution < -0.4 is 5.32 Å². The SMILES string of the molecule is CC1C2N(CC3CC3)C23CC1(C)c1cc(Nc2ccccc2)ccc1C3=O. The number of hydrogen-bond acceptors (Lipinski definition) is 3. The van der Waals surface area contributed by atoms with E-state index in [4.69, 9.17) is 0 Å². The highest BCUT2D eigenvalue weighted by Gasteiger charge is 2.79. The van der Waals surface area contributed by atoms with Gasteiger partial charge in [0, 0.05) is 29.5 Å². The van der Waals surface area contributed by atoms with Crippen LogP contribution in [0.1, 0.15) is 49.0 Å². The third-order valence-corrected chi connectivity index (χ3v) is 7.87. The van der Waals surface area contributed by atoms with Crippen LogP contribution in [0.15, 0.2) is 48.5 Å². The van der Waals surface area contributed by atoms with Crippen molar-refractivity contribution in [1.29, 1.82) is 0 Å². The van der Waals surface area contributed by atoms with E-state index in [1.807, 2.05) is 18.2 Å². The average molecular weight is 358 g/mol. The van der Waals surface area contributed by atoms with Gasteiger partial charge >= 0.3 is 0 Å². The standard InChI is InChI=1S/C24H26N2O/c1-15-21-24(26(21)13-16-8-9-16)14-23(15,2)20-12-18(10-11-19(20)22(24)27)25-17-6-4-3-5-7-17/h3-7,10-12,15-16,21,25H,8-9,13-14H2,1-2H3. The maximum atomic E-state index is 13.5. The van der Waals surface area contributed by atoms with Crippen LogP contribution in [0.5, 0.6) is 0 Å². The smallest absolute Gasteiger partial charge is 0.185 e. The van der Waals surface area contributed by atoms with Gasteiger partial charge < -0.3 is 5.32 Å². The number of benzene rings is 2. The molecule has 27 heavy (non-hydrogen) atoms. The average Bonchev–Trinajstić information content (AvgIpc) is 3.58. The van der Waals surface area contributed by atoms with Crippen LogP contribution in [-0.4, -0.2) is 28.8 Å². The Morgan fingerprint density at radius 1 is 1.11 bits per heavy atom. The van der Waals surface area contributed by atoms with Gasteiger partial charge in [-0.25, -0.2) is 0 Å². The Bertz CT molecular complexity index is 950. The minimum absolute atomic E-state index is 0.0995. The number of hydrogen-bond donors (Lipinski definition) is 1. The molecule has 0 amide bonds. The number of rotatable bonds is 4. The number of Topliss-reactive ketones (excluding diaryl/α,β-unsaturated/α-hetero) is 1. The summed E-state index contributed by atoms with van der Waals surface area (Å²) in [5.74, 6) is 1.75. The van der Waals surface area contributed by atoms with Gasteiger partial charge in [0.25, 0.3) is 0 Å². The molecule has 1 spiro atoms. The number of nitrogens with zero attached hydrogens (tertiary/aromatic N) is 1.